The highest BCUT2D eigenvalue weighted by Crippen LogP contribution is 2.25. The van der Waals surface area contributed by atoms with Crippen LogP contribution in [0.1, 0.15) is 60.6 Å². The molecular weight excluding hydrogens is 272 g/mol. The number of carbonyl (C=O) groups is 1. The lowest BCUT2D eigenvalue weighted by Gasteiger charge is -2.24. The van der Waals surface area contributed by atoms with Crippen molar-refractivity contribution < 1.29 is 4.79 Å². The van der Waals surface area contributed by atoms with Gasteiger partial charge in [0, 0.05) is 17.1 Å². The molecule has 1 aromatic carbocycles. The fraction of sp³-hybridized carbons (Fsp3) is 0.474. The van der Waals surface area contributed by atoms with Crippen molar-refractivity contribution in [1.82, 2.24) is 10.3 Å². The van der Waals surface area contributed by atoms with Gasteiger partial charge in [-0.3, -0.25) is 9.78 Å². The summed E-state index contributed by atoms with van der Waals surface area (Å²) in [6, 6.07) is 8.28. The maximum Gasteiger partial charge on any atom is 0.252 e. The quantitative estimate of drug-likeness (QED) is 0.923. The van der Waals surface area contributed by atoms with Crippen molar-refractivity contribution in [1.29, 1.82) is 0 Å². The minimum atomic E-state index is 0.0673. The Morgan fingerprint density at radius 3 is 2.68 bits per heavy atom. The van der Waals surface area contributed by atoms with Crippen molar-refractivity contribution in [2.75, 3.05) is 0 Å². The molecule has 1 saturated carbocycles. The molecular formula is C19H24N2O. The Kier molecular flexibility index (Phi) is 4.41. The first-order valence-corrected chi connectivity index (χ1v) is 8.39. The number of aryl methyl sites for hydroxylation is 1. The molecule has 1 aliphatic carbocycles. The van der Waals surface area contributed by atoms with E-state index in [4.69, 9.17) is 4.98 Å². The van der Waals surface area contributed by atoms with Gasteiger partial charge in [0.15, 0.2) is 0 Å². The van der Waals surface area contributed by atoms with Gasteiger partial charge in [0.25, 0.3) is 5.91 Å². The summed E-state index contributed by atoms with van der Waals surface area (Å²) in [5.74, 6) is 0.0673. The summed E-state index contributed by atoms with van der Waals surface area (Å²) in [7, 11) is 0. The molecule has 0 unspecified atom stereocenters. The third-order valence-electron chi connectivity index (χ3n) is 4.74. The fourth-order valence-corrected chi connectivity index (χ4v) is 3.50. The Labute approximate surface area is 132 Å². The predicted molar refractivity (Wildman–Crippen MR) is 90.2 cm³/mol. The van der Waals surface area contributed by atoms with Gasteiger partial charge in [-0.15, -0.1) is 0 Å². The number of nitrogens with zero attached hydrogens (tertiary/aromatic N) is 1. The lowest BCUT2D eigenvalue weighted by molar-refractivity contribution is 0.0928. The van der Waals surface area contributed by atoms with Crippen LogP contribution in [-0.4, -0.2) is 16.9 Å². The van der Waals surface area contributed by atoms with Crippen LogP contribution < -0.4 is 5.32 Å². The smallest absolute Gasteiger partial charge is 0.252 e. The summed E-state index contributed by atoms with van der Waals surface area (Å²) in [5.41, 5.74) is 3.77. The molecule has 0 saturated heterocycles. The highest BCUT2D eigenvalue weighted by Gasteiger charge is 2.21. The van der Waals surface area contributed by atoms with E-state index in [9.17, 15) is 4.79 Å². The van der Waals surface area contributed by atoms with Gasteiger partial charge in [0.05, 0.1) is 11.1 Å². The number of nitrogens with one attached hydrogen (secondary N) is 1. The highest BCUT2D eigenvalue weighted by molar-refractivity contribution is 6.07. The van der Waals surface area contributed by atoms with Gasteiger partial charge >= 0.3 is 0 Å². The van der Waals surface area contributed by atoms with E-state index in [-0.39, 0.29) is 5.91 Å². The fourth-order valence-electron chi connectivity index (χ4n) is 3.50. The van der Waals surface area contributed by atoms with Gasteiger partial charge < -0.3 is 5.32 Å². The van der Waals surface area contributed by atoms with Gasteiger partial charge in [0.2, 0.25) is 0 Å². The van der Waals surface area contributed by atoms with E-state index in [0.717, 1.165) is 47.0 Å². The molecule has 0 spiro atoms. The minimum Gasteiger partial charge on any atom is -0.349 e. The van der Waals surface area contributed by atoms with E-state index in [2.05, 4.69) is 12.2 Å². The van der Waals surface area contributed by atoms with E-state index in [1.54, 1.807) is 0 Å². The Hall–Kier alpha value is -1.90. The summed E-state index contributed by atoms with van der Waals surface area (Å²) < 4.78 is 0. The lowest BCUT2D eigenvalue weighted by Crippen LogP contribution is -2.36. The lowest BCUT2D eigenvalue weighted by atomic mass is 9.94. The van der Waals surface area contributed by atoms with Crippen LogP contribution in [0.3, 0.4) is 0 Å². The molecule has 1 heterocycles. The monoisotopic (exact) mass is 296 g/mol. The topological polar surface area (TPSA) is 42.0 Å². The van der Waals surface area contributed by atoms with Crippen LogP contribution in [0.4, 0.5) is 0 Å². The molecule has 3 heteroatoms. The molecule has 0 aliphatic heterocycles. The number of amides is 1. The van der Waals surface area contributed by atoms with E-state index in [0.29, 0.717) is 6.04 Å². The molecule has 1 amide bonds. The van der Waals surface area contributed by atoms with E-state index in [1.807, 2.05) is 31.2 Å². The zero-order valence-electron chi connectivity index (χ0n) is 13.5. The molecule has 3 rings (SSSR count). The van der Waals surface area contributed by atoms with Gasteiger partial charge in [0.1, 0.15) is 0 Å². The van der Waals surface area contributed by atoms with Crippen LogP contribution in [0, 0.1) is 6.92 Å². The Balaban J connectivity index is 2.00. The van der Waals surface area contributed by atoms with Crippen molar-refractivity contribution in [2.45, 2.75) is 58.4 Å². The molecule has 0 bridgehead atoms. The van der Waals surface area contributed by atoms with Crippen molar-refractivity contribution in [2.24, 2.45) is 0 Å². The standard InChI is InChI=1S/C19H24N2O/c1-3-16-13(2)18(15-11-7-8-12-17(15)21-16)19(22)20-14-9-5-4-6-10-14/h7-8,11-12,14H,3-6,9-10H2,1-2H3,(H,20,22). The first-order valence-electron chi connectivity index (χ1n) is 8.39. The largest absolute Gasteiger partial charge is 0.349 e. The molecule has 1 aliphatic rings. The zero-order chi connectivity index (χ0) is 15.5. The summed E-state index contributed by atoms with van der Waals surface area (Å²) in [6.07, 6.45) is 6.80. The van der Waals surface area contributed by atoms with Crippen molar-refractivity contribution in [3.05, 3.63) is 41.1 Å². The second-order valence-corrected chi connectivity index (χ2v) is 6.24. The Morgan fingerprint density at radius 2 is 1.95 bits per heavy atom. The number of hydrogen-bond donors (Lipinski definition) is 1. The van der Waals surface area contributed by atoms with Gasteiger partial charge in [-0.05, 0) is 37.8 Å². The van der Waals surface area contributed by atoms with E-state index in [1.165, 1.54) is 19.3 Å². The normalized spacial score (nSPS) is 15.9. The summed E-state index contributed by atoms with van der Waals surface area (Å²) >= 11 is 0. The first kappa shape index (κ1) is 15.0. The molecule has 1 N–H and O–H groups in total. The average molecular weight is 296 g/mol. The Bertz CT molecular complexity index is 687. The second kappa shape index (κ2) is 6.47. The van der Waals surface area contributed by atoms with Crippen molar-refractivity contribution >= 4 is 16.8 Å². The van der Waals surface area contributed by atoms with E-state index < -0.39 is 0 Å². The predicted octanol–water partition coefficient (Wildman–Crippen LogP) is 4.17. The zero-order valence-corrected chi connectivity index (χ0v) is 13.5. The maximum absolute atomic E-state index is 12.9. The summed E-state index contributed by atoms with van der Waals surface area (Å²) in [4.78, 5) is 17.6. The number of fused-ring (bicyclic) bond motifs is 1. The third kappa shape index (κ3) is 2.85. The summed E-state index contributed by atoms with van der Waals surface area (Å²) in [6.45, 7) is 4.11. The van der Waals surface area contributed by atoms with Crippen LogP contribution in [0.5, 0.6) is 0 Å². The molecule has 0 radical (unpaired) electrons. The first-order chi connectivity index (χ1) is 10.7. The number of hydrogen-bond acceptors (Lipinski definition) is 2. The molecule has 1 aromatic heterocycles. The molecule has 22 heavy (non-hydrogen) atoms. The minimum absolute atomic E-state index is 0.0673. The highest BCUT2D eigenvalue weighted by atomic mass is 16.1. The van der Waals surface area contributed by atoms with Crippen LogP contribution in [0.25, 0.3) is 10.9 Å². The molecule has 0 atom stereocenters. The number of benzene rings is 1. The van der Waals surface area contributed by atoms with Crippen LogP contribution in [0.15, 0.2) is 24.3 Å². The Morgan fingerprint density at radius 1 is 1.23 bits per heavy atom. The number of aromatic nitrogens is 1. The SMILES string of the molecule is CCc1nc2ccccc2c(C(=O)NC2CCCCC2)c1C. The van der Waals surface area contributed by atoms with Crippen molar-refractivity contribution in [3.63, 3.8) is 0 Å². The van der Waals surface area contributed by atoms with Gasteiger partial charge in [-0.1, -0.05) is 44.4 Å². The molecule has 116 valence electrons. The van der Waals surface area contributed by atoms with Gasteiger partial charge in [-0.2, -0.15) is 0 Å². The van der Waals surface area contributed by atoms with Crippen LogP contribution in [-0.2, 0) is 6.42 Å². The van der Waals surface area contributed by atoms with Gasteiger partial charge in [-0.25, -0.2) is 0 Å². The molecule has 1 fully saturated rings. The maximum atomic E-state index is 12.9. The van der Waals surface area contributed by atoms with E-state index >= 15 is 0 Å². The number of pyridine rings is 1. The summed E-state index contributed by atoms with van der Waals surface area (Å²) in [5, 5.41) is 4.22. The number of carbonyl (C=O) groups excluding carboxylic acids is 1. The number of rotatable bonds is 3. The molecule has 3 nitrogen and oxygen atoms in total. The van der Waals surface area contributed by atoms with Crippen LogP contribution >= 0.6 is 0 Å². The third-order valence-corrected chi connectivity index (χ3v) is 4.74. The number of para-hydroxylation sites is 1. The second-order valence-electron chi connectivity index (χ2n) is 6.24. The molecule has 2 aromatic rings. The average Bonchev–Trinajstić information content (AvgIpc) is 2.55. The van der Waals surface area contributed by atoms with Crippen molar-refractivity contribution in [3.8, 4) is 0 Å². The van der Waals surface area contributed by atoms with Crippen LogP contribution in [0.2, 0.25) is 0 Å².